The summed E-state index contributed by atoms with van der Waals surface area (Å²) in [6.45, 7) is 7.17. The van der Waals surface area contributed by atoms with Crippen LogP contribution in [0.4, 0.5) is 0 Å². The molecule has 3 aromatic rings. The first-order valence-electron chi connectivity index (χ1n) is 9.41. The van der Waals surface area contributed by atoms with E-state index in [0.29, 0.717) is 17.8 Å². The van der Waals surface area contributed by atoms with E-state index in [1.807, 2.05) is 0 Å². The van der Waals surface area contributed by atoms with Crippen molar-refractivity contribution in [3.63, 3.8) is 0 Å². The fourth-order valence-electron chi connectivity index (χ4n) is 6.68. The molecule has 0 heteroatoms. The van der Waals surface area contributed by atoms with Gasteiger partial charge in [-0.15, -0.1) is 0 Å². The Kier molecular flexibility index (Phi) is 2.36. The zero-order chi connectivity index (χ0) is 16.9. The largest absolute Gasteiger partial charge is 0.0620 e. The van der Waals surface area contributed by atoms with Crippen LogP contribution in [-0.2, 0) is 0 Å². The number of hydrogen-bond donors (Lipinski definition) is 0. The Morgan fingerprint density at radius 3 is 1.48 bits per heavy atom. The van der Waals surface area contributed by atoms with Crippen molar-refractivity contribution < 1.29 is 0 Å². The highest BCUT2D eigenvalue weighted by Gasteiger charge is 2.65. The maximum atomic E-state index is 2.56. The fraction of sp³-hybridized carbons (Fsp3) is 0.280. The van der Waals surface area contributed by atoms with Gasteiger partial charge in [0.1, 0.15) is 0 Å². The molecule has 3 aliphatic carbocycles. The Bertz CT molecular complexity index is 975. The summed E-state index contributed by atoms with van der Waals surface area (Å²) >= 11 is 0. The summed E-state index contributed by atoms with van der Waals surface area (Å²) in [5, 5.41) is 0. The molecule has 6 rings (SSSR count). The lowest BCUT2D eigenvalue weighted by atomic mass is 9.70. The molecule has 2 unspecified atom stereocenters. The summed E-state index contributed by atoms with van der Waals surface area (Å²) in [5.74, 6) is 1.59. The monoisotopic (exact) mass is 322 g/mol. The van der Waals surface area contributed by atoms with Crippen LogP contribution in [0, 0.1) is 19.3 Å². The van der Waals surface area contributed by atoms with Crippen molar-refractivity contribution in [1.29, 1.82) is 0 Å². The average molecular weight is 322 g/mol. The van der Waals surface area contributed by atoms with Gasteiger partial charge in [-0.2, -0.15) is 0 Å². The molecule has 0 amide bonds. The number of fused-ring (bicyclic) bond motifs is 9. The van der Waals surface area contributed by atoms with Crippen molar-refractivity contribution in [3.05, 3.63) is 105 Å². The summed E-state index contributed by atoms with van der Waals surface area (Å²) in [7, 11) is 0. The molecule has 0 nitrogen and oxygen atoms in total. The average Bonchev–Trinajstić information content (AvgIpc) is 3.12. The molecule has 0 bridgehead atoms. The molecular weight excluding hydrogens is 300 g/mol. The quantitative estimate of drug-likeness (QED) is 0.473. The Morgan fingerprint density at radius 2 is 1.00 bits per heavy atom. The Balaban J connectivity index is 1.83. The van der Waals surface area contributed by atoms with Gasteiger partial charge in [-0.25, -0.2) is 0 Å². The third-order valence-corrected chi connectivity index (χ3v) is 7.40. The standard InChI is InChI=1S/C25H22/c1-14-8-6-12-18-20(14)24-21-15(2)9-7-13-19(21)23-17-11-5-4-10-16(17)22(18)25(23,24)3/h4-13,22-24H,1-3H3/t22-,23+,24?,25?. The highest BCUT2D eigenvalue weighted by Crippen LogP contribution is 2.76. The van der Waals surface area contributed by atoms with Crippen LogP contribution in [0.15, 0.2) is 60.7 Å². The van der Waals surface area contributed by atoms with Crippen LogP contribution in [0.3, 0.4) is 0 Å². The summed E-state index contributed by atoms with van der Waals surface area (Å²) in [6.07, 6.45) is 0. The molecule has 0 heterocycles. The van der Waals surface area contributed by atoms with Gasteiger partial charge in [-0.3, -0.25) is 0 Å². The third kappa shape index (κ3) is 1.35. The molecule has 0 aliphatic heterocycles. The molecule has 0 radical (unpaired) electrons. The Hall–Kier alpha value is -2.34. The summed E-state index contributed by atoms with van der Waals surface area (Å²) < 4.78 is 0. The van der Waals surface area contributed by atoms with E-state index in [2.05, 4.69) is 81.4 Å². The zero-order valence-corrected chi connectivity index (χ0v) is 15.0. The molecular formula is C25H22. The van der Waals surface area contributed by atoms with E-state index in [4.69, 9.17) is 0 Å². The van der Waals surface area contributed by atoms with Crippen molar-refractivity contribution in [3.8, 4) is 0 Å². The first kappa shape index (κ1) is 13.9. The van der Waals surface area contributed by atoms with E-state index < -0.39 is 0 Å². The lowest BCUT2D eigenvalue weighted by Crippen LogP contribution is -2.23. The first-order chi connectivity index (χ1) is 12.1. The maximum absolute atomic E-state index is 2.56. The summed E-state index contributed by atoms with van der Waals surface area (Å²) in [6, 6.07) is 23.1. The van der Waals surface area contributed by atoms with Gasteiger partial charge in [0.05, 0.1) is 0 Å². The molecule has 3 aromatic carbocycles. The zero-order valence-electron chi connectivity index (χ0n) is 15.0. The van der Waals surface area contributed by atoms with E-state index in [-0.39, 0.29) is 5.41 Å². The minimum Gasteiger partial charge on any atom is -0.0620 e. The topological polar surface area (TPSA) is 0 Å². The van der Waals surface area contributed by atoms with Gasteiger partial charge >= 0.3 is 0 Å². The van der Waals surface area contributed by atoms with Crippen molar-refractivity contribution in [2.45, 2.75) is 38.5 Å². The van der Waals surface area contributed by atoms with Gasteiger partial charge in [-0.1, -0.05) is 67.6 Å². The normalized spacial score (nSPS) is 30.0. The number of hydrogen-bond acceptors (Lipinski definition) is 0. The second-order valence-electron chi connectivity index (χ2n) is 8.45. The van der Waals surface area contributed by atoms with Crippen LogP contribution in [0.1, 0.15) is 69.2 Å². The van der Waals surface area contributed by atoms with Gasteiger partial charge in [0.25, 0.3) is 0 Å². The third-order valence-electron chi connectivity index (χ3n) is 7.40. The van der Waals surface area contributed by atoms with Crippen molar-refractivity contribution >= 4 is 0 Å². The second kappa shape index (κ2) is 4.25. The van der Waals surface area contributed by atoms with Crippen LogP contribution in [0.2, 0.25) is 0 Å². The van der Waals surface area contributed by atoms with Gasteiger partial charge in [0.15, 0.2) is 0 Å². The molecule has 122 valence electrons. The highest BCUT2D eigenvalue weighted by molar-refractivity contribution is 5.70. The molecule has 0 fully saturated rings. The number of rotatable bonds is 0. The molecule has 0 spiro atoms. The van der Waals surface area contributed by atoms with E-state index in [1.54, 1.807) is 33.4 Å². The summed E-state index contributed by atoms with van der Waals surface area (Å²) in [5.41, 5.74) is 12.7. The summed E-state index contributed by atoms with van der Waals surface area (Å²) in [4.78, 5) is 0. The minimum atomic E-state index is 0.243. The Morgan fingerprint density at radius 1 is 0.560 bits per heavy atom. The molecule has 25 heavy (non-hydrogen) atoms. The number of benzene rings is 3. The first-order valence-corrected chi connectivity index (χ1v) is 9.41. The van der Waals surface area contributed by atoms with Crippen molar-refractivity contribution in [2.75, 3.05) is 0 Å². The molecule has 0 aromatic heterocycles. The molecule has 0 saturated heterocycles. The van der Waals surface area contributed by atoms with Crippen LogP contribution in [0.25, 0.3) is 0 Å². The molecule has 4 atom stereocenters. The van der Waals surface area contributed by atoms with Crippen molar-refractivity contribution in [1.82, 2.24) is 0 Å². The van der Waals surface area contributed by atoms with Crippen LogP contribution < -0.4 is 0 Å². The van der Waals surface area contributed by atoms with Gasteiger partial charge in [-0.05, 0) is 58.4 Å². The lowest BCUT2D eigenvalue weighted by molar-refractivity contribution is 0.288. The Labute approximate surface area is 149 Å². The van der Waals surface area contributed by atoms with E-state index in [0.717, 1.165) is 0 Å². The predicted octanol–water partition coefficient (Wildman–Crippen LogP) is 6.05. The molecule has 3 aliphatic rings. The fourth-order valence-corrected chi connectivity index (χ4v) is 6.68. The lowest BCUT2D eigenvalue weighted by Gasteiger charge is -2.31. The van der Waals surface area contributed by atoms with Crippen LogP contribution in [-0.4, -0.2) is 0 Å². The van der Waals surface area contributed by atoms with Crippen LogP contribution >= 0.6 is 0 Å². The van der Waals surface area contributed by atoms with E-state index >= 15 is 0 Å². The van der Waals surface area contributed by atoms with Crippen LogP contribution in [0.5, 0.6) is 0 Å². The van der Waals surface area contributed by atoms with Gasteiger partial charge in [0.2, 0.25) is 0 Å². The van der Waals surface area contributed by atoms with Gasteiger partial charge < -0.3 is 0 Å². The molecule has 0 N–H and O–H groups in total. The van der Waals surface area contributed by atoms with E-state index in [1.165, 1.54) is 11.1 Å². The van der Waals surface area contributed by atoms with E-state index in [9.17, 15) is 0 Å². The molecule has 0 saturated carbocycles. The SMILES string of the molecule is Cc1cccc2c1C1c3c(C)cccc3[C@@H]3c4ccccc4[C@H]2C13C. The smallest absolute Gasteiger partial charge is 0.0172 e. The minimum absolute atomic E-state index is 0.243. The predicted molar refractivity (Wildman–Crippen MR) is 102 cm³/mol. The number of aryl methyl sites for hydroxylation is 2. The maximum Gasteiger partial charge on any atom is 0.0172 e. The van der Waals surface area contributed by atoms with Crippen molar-refractivity contribution in [2.24, 2.45) is 5.41 Å². The second-order valence-corrected chi connectivity index (χ2v) is 8.45. The van der Waals surface area contributed by atoms with Gasteiger partial charge in [0, 0.05) is 23.2 Å². The highest BCUT2D eigenvalue weighted by atomic mass is 14.7.